The van der Waals surface area contributed by atoms with Crippen molar-refractivity contribution in [2.24, 2.45) is 0 Å². The predicted molar refractivity (Wildman–Crippen MR) is 160 cm³/mol. The van der Waals surface area contributed by atoms with E-state index in [1.807, 2.05) is 60.7 Å². The number of rotatable bonds is 9. The summed E-state index contributed by atoms with van der Waals surface area (Å²) in [7, 11) is 3.17. The van der Waals surface area contributed by atoms with Crippen LogP contribution in [0.5, 0.6) is 11.5 Å². The van der Waals surface area contributed by atoms with Gasteiger partial charge in [-0.15, -0.1) is 0 Å². The summed E-state index contributed by atoms with van der Waals surface area (Å²) < 4.78 is 24.2. The number of hydrogen-bond donors (Lipinski definition) is 1. The van der Waals surface area contributed by atoms with Crippen LogP contribution in [0.4, 0.5) is 10.1 Å². The van der Waals surface area contributed by atoms with Crippen molar-refractivity contribution in [2.45, 2.75) is 17.9 Å². The molecular weight excluding hydrogens is 539 g/mol. The van der Waals surface area contributed by atoms with Crippen molar-refractivity contribution in [3.63, 3.8) is 0 Å². The summed E-state index contributed by atoms with van der Waals surface area (Å²) in [6.45, 7) is 0.658. The minimum absolute atomic E-state index is 0.179. The first-order valence-corrected chi connectivity index (χ1v) is 13.9. The lowest BCUT2D eigenvalue weighted by Gasteiger charge is -2.31. The molecule has 0 aromatic heterocycles. The first kappa shape index (κ1) is 28.0. The maximum atomic E-state index is 13.7. The summed E-state index contributed by atoms with van der Waals surface area (Å²) in [5, 5.41) is 2.97. The number of nitrogens with zero attached hydrogens (tertiary/aromatic N) is 1. The maximum Gasteiger partial charge on any atom is 0.265 e. The van der Waals surface area contributed by atoms with Crippen LogP contribution >= 0.6 is 11.8 Å². The van der Waals surface area contributed by atoms with Crippen LogP contribution in [0, 0.1) is 5.82 Å². The van der Waals surface area contributed by atoms with Crippen molar-refractivity contribution in [1.82, 2.24) is 5.32 Å². The Hall–Kier alpha value is -4.56. The second-order valence-corrected chi connectivity index (χ2v) is 10.5. The fourth-order valence-electron chi connectivity index (χ4n) is 4.54. The molecule has 1 N–H and O–H groups in total. The van der Waals surface area contributed by atoms with E-state index in [-0.39, 0.29) is 24.2 Å². The monoisotopic (exact) mass is 568 g/mol. The molecule has 0 fully saturated rings. The molecule has 5 rings (SSSR count). The Labute approximate surface area is 242 Å². The lowest BCUT2D eigenvalue weighted by molar-refractivity contribution is -0.114. The Morgan fingerprint density at radius 2 is 1.63 bits per heavy atom. The van der Waals surface area contributed by atoms with Crippen LogP contribution in [0.1, 0.15) is 27.0 Å². The highest BCUT2D eigenvalue weighted by molar-refractivity contribution is 8.04. The highest BCUT2D eigenvalue weighted by Crippen LogP contribution is 2.43. The van der Waals surface area contributed by atoms with E-state index in [0.717, 1.165) is 21.6 Å². The number of ether oxygens (including phenoxy) is 2. The van der Waals surface area contributed by atoms with E-state index >= 15 is 0 Å². The van der Waals surface area contributed by atoms with E-state index in [9.17, 15) is 14.0 Å². The minimum atomic E-state index is -0.341. The lowest BCUT2D eigenvalue weighted by Crippen LogP contribution is -2.34. The van der Waals surface area contributed by atoms with Crippen molar-refractivity contribution < 1.29 is 23.5 Å². The van der Waals surface area contributed by atoms with E-state index in [1.54, 1.807) is 43.4 Å². The first-order chi connectivity index (χ1) is 19.9. The molecule has 4 aromatic carbocycles. The van der Waals surface area contributed by atoms with Gasteiger partial charge in [0.25, 0.3) is 11.8 Å². The van der Waals surface area contributed by atoms with Gasteiger partial charge in [0, 0.05) is 17.0 Å². The Kier molecular flexibility index (Phi) is 8.70. The second kappa shape index (κ2) is 12.7. The maximum absolute atomic E-state index is 13.7. The van der Waals surface area contributed by atoms with Crippen molar-refractivity contribution >= 4 is 35.3 Å². The van der Waals surface area contributed by atoms with Crippen LogP contribution in [-0.4, -0.2) is 32.6 Å². The number of hydrogen-bond acceptors (Lipinski definition) is 5. The van der Waals surface area contributed by atoms with Gasteiger partial charge < -0.3 is 19.7 Å². The molecule has 0 saturated carbocycles. The van der Waals surface area contributed by atoms with Gasteiger partial charge in [-0.05, 0) is 71.7 Å². The van der Waals surface area contributed by atoms with Gasteiger partial charge in [-0.2, -0.15) is 0 Å². The SMILES string of the molecule is COc1ccc(CCNC(=O)c2ccc3c(c2)N(Cc2ccc(F)cc2)C(=O)/C(=C/c2ccccc2)S3)cc1OC. The summed E-state index contributed by atoms with van der Waals surface area (Å²) in [4.78, 5) is 29.9. The molecule has 0 aliphatic carbocycles. The molecule has 1 aliphatic heterocycles. The minimum Gasteiger partial charge on any atom is -0.493 e. The summed E-state index contributed by atoms with van der Waals surface area (Å²) >= 11 is 1.37. The molecule has 4 aromatic rings. The molecule has 6 nitrogen and oxygen atoms in total. The van der Waals surface area contributed by atoms with Gasteiger partial charge in [0.1, 0.15) is 5.82 Å². The Balaban J connectivity index is 1.37. The first-order valence-electron chi connectivity index (χ1n) is 13.1. The normalized spacial score (nSPS) is 13.6. The van der Waals surface area contributed by atoms with E-state index < -0.39 is 0 Å². The van der Waals surface area contributed by atoms with Crippen molar-refractivity contribution in [3.8, 4) is 11.5 Å². The zero-order chi connectivity index (χ0) is 28.8. The van der Waals surface area contributed by atoms with Crippen LogP contribution < -0.4 is 19.7 Å². The summed E-state index contributed by atoms with van der Waals surface area (Å²) in [5.74, 6) is 0.523. The molecule has 41 heavy (non-hydrogen) atoms. The molecule has 1 aliphatic rings. The number of fused-ring (bicyclic) bond motifs is 1. The molecule has 0 spiro atoms. The standard InChI is InChI=1S/C33H29FN2O4S/c1-39-28-14-10-23(18-29(28)40-2)16-17-35-32(37)25-11-15-30-27(20-25)36(21-24-8-12-26(34)13-9-24)33(38)31(41-30)19-22-6-4-3-5-7-22/h3-15,18-20H,16-17,21H2,1-2H3,(H,35,37)/b31-19-. The average molecular weight is 569 g/mol. The van der Waals surface area contributed by atoms with Gasteiger partial charge in [0.05, 0.1) is 31.4 Å². The molecule has 0 bridgehead atoms. The van der Waals surface area contributed by atoms with Gasteiger partial charge in [-0.3, -0.25) is 9.59 Å². The number of halogens is 1. The summed E-state index contributed by atoms with van der Waals surface area (Å²) in [5.41, 5.74) is 3.78. The van der Waals surface area contributed by atoms with Crippen LogP contribution in [0.3, 0.4) is 0 Å². The molecule has 0 radical (unpaired) electrons. The fourth-order valence-corrected chi connectivity index (χ4v) is 5.58. The molecule has 8 heteroatoms. The lowest BCUT2D eigenvalue weighted by atomic mass is 10.1. The molecule has 0 unspecified atom stereocenters. The third-order valence-corrected chi connectivity index (χ3v) is 7.76. The zero-order valence-corrected chi connectivity index (χ0v) is 23.5. The van der Waals surface area contributed by atoms with E-state index in [0.29, 0.717) is 40.6 Å². The molecule has 208 valence electrons. The van der Waals surface area contributed by atoms with Crippen molar-refractivity contribution in [1.29, 1.82) is 0 Å². The number of carbonyl (C=O) groups is 2. The summed E-state index contributed by atoms with van der Waals surface area (Å²) in [6.07, 6.45) is 2.47. The Morgan fingerprint density at radius 3 is 2.37 bits per heavy atom. The number of amides is 2. The third kappa shape index (κ3) is 6.61. The van der Waals surface area contributed by atoms with Gasteiger partial charge in [-0.1, -0.05) is 60.3 Å². The number of thioether (sulfide) groups is 1. The Morgan fingerprint density at radius 1 is 0.902 bits per heavy atom. The molecule has 1 heterocycles. The van der Waals surface area contributed by atoms with E-state index in [4.69, 9.17) is 9.47 Å². The smallest absolute Gasteiger partial charge is 0.265 e. The molecule has 0 atom stereocenters. The van der Waals surface area contributed by atoms with Crippen LogP contribution in [-0.2, 0) is 17.8 Å². The topological polar surface area (TPSA) is 67.9 Å². The highest BCUT2D eigenvalue weighted by Gasteiger charge is 2.30. The second-order valence-electron chi connectivity index (χ2n) is 9.42. The van der Waals surface area contributed by atoms with Gasteiger partial charge >= 0.3 is 0 Å². The fraction of sp³-hybridized carbons (Fsp3) is 0.152. The molecule has 2 amide bonds. The van der Waals surface area contributed by atoms with Crippen molar-refractivity contribution in [2.75, 3.05) is 25.7 Å². The quantitative estimate of drug-likeness (QED) is 0.234. The number of carbonyl (C=O) groups excluding carboxylic acids is 2. The van der Waals surface area contributed by atoms with Crippen LogP contribution in [0.15, 0.2) is 101 Å². The number of methoxy groups -OCH3 is 2. The van der Waals surface area contributed by atoms with E-state index in [2.05, 4.69) is 5.32 Å². The highest BCUT2D eigenvalue weighted by atomic mass is 32.2. The van der Waals surface area contributed by atoms with E-state index in [1.165, 1.54) is 23.9 Å². The third-order valence-electron chi connectivity index (χ3n) is 6.69. The molecule has 0 saturated heterocycles. The zero-order valence-electron chi connectivity index (χ0n) is 22.7. The van der Waals surface area contributed by atoms with Crippen molar-refractivity contribution in [3.05, 3.63) is 124 Å². The summed E-state index contributed by atoms with van der Waals surface area (Å²) in [6, 6.07) is 26.8. The Bertz CT molecular complexity index is 1590. The predicted octanol–water partition coefficient (Wildman–Crippen LogP) is 6.50. The largest absolute Gasteiger partial charge is 0.493 e. The number of anilines is 1. The van der Waals surface area contributed by atoms with Crippen LogP contribution in [0.2, 0.25) is 0 Å². The van der Waals surface area contributed by atoms with Gasteiger partial charge in [0.15, 0.2) is 11.5 Å². The van der Waals surface area contributed by atoms with Crippen LogP contribution in [0.25, 0.3) is 6.08 Å². The van der Waals surface area contributed by atoms with Gasteiger partial charge in [-0.25, -0.2) is 4.39 Å². The van der Waals surface area contributed by atoms with Gasteiger partial charge in [0.2, 0.25) is 0 Å². The number of nitrogens with one attached hydrogen (secondary N) is 1. The number of benzene rings is 4. The average Bonchev–Trinajstić information content (AvgIpc) is 3.00. The molecular formula is C33H29FN2O4S.